The van der Waals surface area contributed by atoms with Crippen molar-refractivity contribution in [1.82, 2.24) is 15.5 Å². The Morgan fingerprint density at radius 2 is 2.04 bits per heavy atom. The van der Waals surface area contributed by atoms with Gasteiger partial charge in [0.15, 0.2) is 0 Å². The number of aliphatic hydroxyl groups is 1. The number of piperidine rings is 1. The molecule has 0 bridgehead atoms. The molecule has 1 saturated heterocycles. The summed E-state index contributed by atoms with van der Waals surface area (Å²) >= 11 is 0. The number of hydrogen-bond acceptors (Lipinski definition) is 4. The number of rotatable bonds is 8. The third kappa shape index (κ3) is 6.00. The topological polar surface area (TPSA) is 102 Å². The first-order valence-corrected chi connectivity index (χ1v) is 9.19. The first-order chi connectivity index (χ1) is 12.5. The lowest BCUT2D eigenvalue weighted by Gasteiger charge is -2.35. The lowest BCUT2D eigenvalue weighted by Crippen LogP contribution is -2.43. The van der Waals surface area contributed by atoms with Crippen molar-refractivity contribution in [3.63, 3.8) is 0 Å². The number of aliphatic hydroxyl groups excluding tert-OH is 1. The predicted octanol–water partition coefficient (Wildman–Crippen LogP) is 1.67. The van der Waals surface area contributed by atoms with Crippen molar-refractivity contribution in [2.75, 3.05) is 26.7 Å². The summed E-state index contributed by atoms with van der Waals surface area (Å²) in [7, 11) is 1.88. The first-order valence-electron chi connectivity index (χ1n) is 9.19. The molecule has 0 spiro atoms. The van der Waals surface area contributed by atoms with Gasteiger partial charge in [0, 0.05) is 37.7 Å². The van der Waals surface area contributed by atoms with E-state index in [2.05, 4.69) is 10.6 Å². The molecule has 0 radical (unpaired) electrons. The van der Waals surface area contributed by atoms with Crippen molar-refractivity contribution in [2.24, 2.45) is 5.92 Å². The van der Waals surface area contributed by atoms with E-state index in [1.54, 1.807) is 0 Å². The lowest BCUT2D eigenvalue weighted by atomic mass is 9.89. The smallest absolute Gasteiger partial charge is 0.404 e. The van der Waals surface area contributed by atoms with Crippen LogP contribution in [-0.4, -0.2) is 59.9 Å². The highest BCUT2D eigenvalue weighted by Gasteiger charge is 2.28. The van der Waals surface area contributed by atoms with Gasteiger partial charge < -0.3 is 25.7 Å². The van der Waals surface area contributed by atoms with Crippen molar-refractivity contribution in [2.45, 2.75) is 38.3 Å². The van der Waals surface area contributed by atoms with Gasteiger partial charge in [0.1, 0.15) is 0 Å². The zero-order valence-corrected chi connectivity index (χ0v) is 15.3. The Morgan fingerprint density at radius 3 is 2.69 bits per heavy atom. The molecule has 4 N–H and O–H groups in total. The largest absolute Gasteiger partial charge is 0.465 e. The molecule has 0 aliphatic carbocycles. The van der Waals surface area contributed by atoms with Crippen LogP contribution in [0.25, 0.3) is 0 Å². The van der Waals surface area contributed by atoms with Crippen LogP contribution in [0.2, 0.25) is 0 Å². The van der Waals surface area contributed by atoms with Gasteiger partial charge in [0.2, 0.25) is 0 Å². The number of hydrogen-bond donors (Lipinski definition) is 4. The number of benzene rings is 1. The van der Waals surface area contributed by atoms with Gasteiger partial charge in [-0.15, -0.1) is 0 Å². The van der Waals surface area contributed by atoms with E-state index in [4.69, 9.17) is 5.11 Å². The van der Waals surface area contributed by atoms with E-state index in [9.17, 15) is 14.7 Å². The summed E-state index contributed by atoms with van der Waals surface area (Å²) in [5.41, 5.74) is 1.80. The summed E-state index contributed by atoms with van der Waals surface area (Å²) in [6.45, 7) is 2.36. The van der Waals surface area contributed by atoms with Crippen molar-refractivity contribution in [3.8, 4) is 0 Å². The van der Waals surface area contributed by atoms with E-state index in [-0.39, 0.29) is 11.8 Å². The molecule has 1 aliphatic heterocycles. The molecule has 1 heterocycles. The van der Waals surface area contributed by atoms with Gasteiger partial charge in [-0.3, -0.25) is 4.79 Å². The molecule has 1 fully saturated rings. The minimum Gasteiger partial charge on any atom is -0.465 e. The molecular weight excluding hydrogens is 334 g/mol. The standard InChI is InChI=1S/C19H29N3O4/c1-20-12-14-6-8-15(9-7-14)18(24)22-11-3-4-16(13-22)17(23)5-2-10-21-19(25)26/h6-9,16-17,20-21,23H,2-5,10-13H2,1H3,(H,25,26)/t16-,17?/m1/s1. The summed E-state index contributed by atoms with van der Waals surface area (Å²) in [6, 6.07) is 7.62. The van der Waals surface area contributed by atoms with Gasteiger partial charge in [-0.2, -0.15) is 0 Å². The second kappa shape index (κ2) is 10.1. The number of likely N-dealkylation sites (tertiary alicyclic amines) is 1. The highest BCUT2D eigenvalue weighted by molar-refractivity contribution is 5.94. The van der Waals surface area contributed by atoms with E-state index in [1.165, 1.54) is 0 Å². The van der Waals surface area contributed by atoms with Gasteiger partial charge in [-0.05, 0) is 50.4 Å². The molecule has 0 aromatic heterocycles. The Balaban J connectivity index is 1.86. The molecule has 2 atom stereocenters. The second-order valence-corrected chi connectivity index (χ2v) is 6.82. The van der Waals surface area contributed by atoms with Crippen molar-refractivity contribution in [1.29, 1.82) is 0 Å². The normalized spacial score (nSPS) is 18.4. The van der Waals surface area contributed by atoms with Crippen LogP contribution in [0.1, 0.15) is 41.6 Å². The number of amides is 2. The Kier molecular flexibility index (Phi) is 7.87. The lowest BCUT2D eigenvalue weighted by molar-refractivity contribution is 0.0368. The molecule has 26 heavy (non-hydrogen) atoms. The second-order valence-electron chi connectivity index (χ2n) is 6.82. The van der Waals surface area contributed by atoms with Gasteiger partial charge in [0.05, 0.1) is 6.10 Å². The van der Waals surface area contributed by atoms with Gasteiger partial charge in [-0.1, -0.05) is 12.1 Å². The molecule has 1 unspecified atom stereocenters. The number of carboxylic acid groups (broad SMARTS) is 1. The maximum Gasteiger partial charge on any atom is 0.404 e. The molecule has 144 valence electrons. The number of nitrogens with one attached hydrogen (secondary N) is 2. The van der Waals surface area contributed by atoms with Crippen molar-refractivity contribution >= 4 is 12.0 Å². The van der Waals surface area contributed by atoms with E-state index < -0.39 is 12.2 Å². The predicted molar refractivity (Wildman–Crippen MR) is 99.1 cm³/mol. The molecule has 1 aliphatic rings. The third-order valence-electron chi connectivity index (χ3n) is 4.82. The summed E-state index contributed by atoms with van der Waals surface area (Å²) < 4.78 is 0. The maximum absolute atomic E-state index is 12.7. The van der Waals surface area contributed by atoms with Crippen LogP contribution in [0.15, 0.2) is 24.3 Å². The Hall–Kier alpha value is -2.12. The molecule has 0 saturated carbocycles. The van der Waals surface area contributed by atoms with Crippen LogP contribution >= 0.6 is 0 Å². The summed E-state index contributed by atoms with van der Waals surface area (Å²) in [5.74, 6) is 0.0477. The number of nitrogens with zero attached hydrogens (tertiary/aromatic N) is 1. The van der Waals surface area contributed by atoms with Gasteiger partial charge >= 0.3 is 6.09 Å². The van der Waals surface area contributed by atoms with Crippen molar-refractivity contribution in [3.05, 3.63) is 35.4 Å². The SMILES string of the molecule is CNCc1ccc(C(=O)N2CCC[C@@H](C(O)CCCNC(=O)O)C2)cc1. The van der Waals surface area contributed by atoms with Crippen LogP contribution in [0, 0.1) is 5.92 Å². The molecule has 1 aromatic carbocycles. The van der Waals surface area contributed by atoms with E-state index in [0.717, 1.165) is 24.9 Å². The highest BCUT2D eigenvalue weighted by atomic mass is 16.4. The van der Waals surface area contributed by atoms with Gasteiger partial charge in [-0.25, -0.2) is 4.79 Å². The Bertz CT molecular complexity index is 591. The Labute approximate surface area is 154 Å². The van der Waals surface area contributed by atoms with Crippen LogP contribution in [-0.2, 0) is 6.54 Å². The average Bonchev–Trinajstić information content (AvgIpc) is 2.65. The van der Waals surface area contributed by atoms with Crippen LogP contribution in [0.4, 0.5) is 4.79 Å². The minimum absolute atomic E-state index is 0.00505. The molecule has 7 heteroatoms. The van der Waals surface area contributed by atoms with E-state index in [1.807, 2.05) is 36.2 Å². The molecular formula is C19H29N3O4. The molecule has 1 aromatic rings. The third-order valence-corrected chi connectivity index (χ3v) is 4.82. The van der Waals surface area contributed by atoms with Crippen LogP contribution < -0.4 is 10.6 Å². The fraction of sp³-hybridized carbons (Fsp3) is 0.579. The fourth-order valence-electron chi connectivity index (χ4n) is 3.40. The monoisotopic (exact) mass is 363 g/mol. The van der Waals surface area contributed by atoms with Crippen LogP contribution in [0.5, 0.6) is 0 Å². The summed E-state index contributed by atoms with van der Waals surface area (Å²) in [5, 5.41) is 24.3. The number of carbonyl (C=O) groups excluding carboxylic acids is 1. The zero-order valence-electron chi connectivity index (χ0n) is 15.3. The molecule has 2 rings (SSSR count). The minimum atomic E-state index is -1.05. The van der Waals surface area contributed by atoms with Crippen LogP contribution in [0.3, 0.4) is 0 Å². The van der Waals surface area contributed by atoms with Gasteiger partial charge in [0.25, 0.3) is 5.91 Å². The molecule has 7 nitrogen and oxygen atoms in total. The summed E-state index contributed by atoms with van der Waals surface area (Å²) in [4.78, 5) is 25.0. The zero-order chi connectivity index (χ0) is 18.9. The Morgan fingerprint density at radius 1 is 1.31 bits per heavy atom. The average molecular weight is 363 g/mol. The van der Waals surface area contributed by atoms with Crippen molar-refractivity contribution < 1.29 is 19.8 Å². The molecule has 2 amide bonds. The quantitative estimate of drug-likeness (QED) is 0.526. The number of carbonyl (C=O) groups is 2. The maximum atomic E-state index is 12.7. The highest BCUT2D eigenvalue weighted by Crippen LogP contribution is 2.23. The van der Waals surface area contributed by atoms with E-state index in [0.29, 0.717) is 38.0 Å². The van der Waals surface area contributed by atoms with E-state index >= 15 is 0 Å². The summed E-state index contributed by atoms with van der Waals surface area (Å²) in [6.07, 6.45) is 1.32. The first kappa shape index (κ1) is 20.2. The fourth-order valence-corrected chi connectivity index (χ4v) is 3.40.